The highest BCUT2D eigenvalue weighted by atomic mass is 16.5. The number of hydrogen-bond donors (Lipinski definition) is 1. The summed E-state index contributed by atoms with van der Waals surface area (Å²) in [6, 6.07) is 24.0. The first-order valence-electron chi connectivity index (χ1n) is 15.5. The zero-order valence-corrected chi connectivity index (χ0v) is 24.9. The van der Waals surface area contributed by atoms with Gasteiger partial charge in [-0.2, -0.15) is 0 Å². The van der Waals surface area contributed by atoms with Crippen molar-refractivity contribution in [1.29, 1.82) is 0 Å². The van der Waals surface area contributed by atoms with Crippen LogP contribution in [0.5, 0.6) is 0 Å². The van der Waals surface area contributed by atoms with E-state index < -0.39 is 48.1 Å². The molecule has 0 aliphatic carbocycles. The second-order valence-corrected chi connectivity index (χ2v) is 12.1. The molecular formula is C35H32N6O5. The van der Waals surface area contributed by atoms with Gasteiger partial charge in [-0.15, -0.1) is 5.10 Å². The number of amides is 3. The van der Waals surface area contributed by atoms with Gasteiger partial charge in [-0.1, -0.05) is 90.2 Å². The maximum atomic E-state index is 14.8. The summed E-state index contributed by atoms with van der Waals surface area (Å²) in [6.45, 7) is 0.231. The number of aliphatic hydroxyl groups is 1. The molecule has 11 nitrogen and oxygen atoms in total. The molecule has 5 heterocycles. The predicted octanol–water partition coefficient (Wildman–Crippen LogP) is 2.70. The Kier molecular flexibility index (Phi) is 6.80. The molecule has 1 unspecified atom stereocenters. The summed E-state index contributed by atoms with van der Waals surface area (Å²) in [5.74, 6) is -2.87. The summed E-state index contributed by atoms with van der Waals surface area (Å²) in [7, 11) is 0. The van der Waals surface area contributed by atoms with Gasteiger partial charge in [0.25, 0.3) is 5.91 Å². The van der Waals surface area contributed by atoms with Crippen LogP contribution in [-0.4, -0.2) is 85.1 Å². The van der Waals surface area contributed by atoms with Crippen molar-refractivity contribution >= 4 is 34.4 Å². The average Bonchev–Trinajstić information content (AvgIpc) is 3.64. The number of benzene rings is 3. The number of likely N-dealkylation sites (tertiary alicyclic amines) is 1. The number of carbonyl (C=O) groups excluding carboxylic acids is 3. The van der Waals surface area contributed by atoms with E-state index in [1.807, 2.05) is 103 Å². The summed E-state index contributed by atoms with van der Waals surface area (Å²) in [4.78, 5) is 48.8. The molecule has 3 amide bonds. The minimum absolute atomic E-state index is 0.0889. The van der Waals surface area contributed by atoms with Crippen LogP contribution in [0.2, 0.25) is 0 Å². The molecule has 3 aromatic carbocycles. The van der Waals surface area contributed by atoms with Crippen LogP contribution in [0.3, 0.4) is 0 Å². The summed E-state index contributed by atoms with van der Waals surface area (Å²) in [5, 5.41) is 19.3. The molecule has 1 N–H and O–H groups in total. The number of anilines is 1. The maximum Gasteiger partial charge on any atom is 0.250 e. The van der Waals surface area contributed by atoms with Crippen molar-refractivity contribution in [1.82, 2.24) is 24.8 Å². The van der Waals surface area contributed by atoms with E-state index in [1.165, 1.54) is 4.90 Å². The third kappa shape index (κ3) is 4.22. The van der Waals surface area contributed by atoms with Crippen molar-refractivity contribution in [2.24, 2.45) is 11.8 Å². The van der Waals surface area contributed by atoms with Gasteiger partial charge >= 0.3 is 0 Å². The van der Waals surface area contributed by atoms with Crippen LogP contribution in [0.25, 0.3) is 11.0 Å². The Hall–Kier alpha value is -5.13. The van der Waals surface area contributed by atoms with E-state index in [9.17, 15) is 19.5 Å². The van der Waals surface area contributed by atoms with Gasteiger partial charge in [-0.25, -0.2) is 4.68 Å². The van der Waals surface area contributed by atoms with E-state index in [4.69, 9.17) is 4.74 Å². The van der Waals surface area contributed by atoms with Crippen LogP contribution in [0.1, 0.15) is 11.6 Å². The molecule has 2 saturated heterocycles. The van der Waals surface area contributed by atoms with E-state index in [1.54, 1.807) is 20.6 Å². The largest absolute Gasteiger partial charge is 0.394 e. The van der Waals surface area contributed by atoms with Crippen LogP contribution in [0, 0.1) is 11.8 Å². The molecule has 1 spiro atoms. The van der Waals surface area contributed by atoms with Crippen LogP contribution in [0.4, 0.5) is 5.69 Å². The Labute approximate surface area is 264 Å². The van der Waals surface area contributed by atoms with Crippen molar-refractivity contribution in [3.8, 4) is 0 Å². The van der Waals surface area contributed by atoms with Crippen LogP contribution < -0.4 is 4.90 Å². The minimum atomic E-state index is -1.44. The summed E-state index contributed by atoms with van der Waals surface area (Å²) < 4.78 is 8.46. The topological polar surface area (TPSA) is 121 Å². The van der Waals surface area contributed by atoms with Crippen LogP contribution in [-0.2, 0) is 25.8 Å². The zero-order chi connectivity index (χ0) is 31.4. The fraction of sp³-hybridized carbons (Fsp3) is 0.286. The first kappa shape index (κ1) is 28.4. The van der Waals surface area contributed by atoms with E-state index >= 15 is 0 Å². The molecule has 1 aromatic heterocycles. The van der Waals surface area contributed by atoms with Gasteiger partial charge in [-0.05, 0) is 29.8 Å². The summed E-state index contributed by atoms with van der Waals surface area (Å²) in [6.07, 6.45) is 6.66. The van der Waals surface area contributed by atoms with Gasteiger partial charge in [0.05, 0.1) is 36.1 Å². The number of rotatable bonds is 6. The molecule has 46 heavy (non-hydrogen) atoms. The van der Waals surface area contributed by atoms with Gasteiger partial charge in [0.1, 0.15) is 23.8 Å². The Balaban J connectivity index is 1.24. The number of carbonyl (C=O) groups is 3. The summed E-state index contributed by atoms with van der Waals surface area (Å²) in [5.41, 5.74) is 1.42. The van der Waals surface area contributed by atoms with E-state index in [2.05, 4.69) is 10.3 Å². The number of fused-ring (bicyclic) bond motifs is 3. The fourth-order valence-corrected chi connectivity index (χ4v) is 7.64. The normalized spacial score (nSPS) is 27.8. The fourth-order valence-electron chi connectivity index (χ4n) is 7.64. The van der Waals surface area contributed by atoms with E-state index in [0.29, 0.717) is 23.3 Å². The number of para-hydroxylation sites is 2. The number of nitrogens with zero attached hydrogens (tertiary/aromatic N) is 6. The molecule has 4 aromatic rings. The molecule has 8 rings (SSSR count). The third-order valence-corrected chi connectivity index (χ3v) is 9.67. The SMILES string of the molecule is O=C1C2N([C@H](CO)c3ccccc3)C(=O)[C@@H]3[C@@H]4C(=O)N(c5ccccc5)CC=C[C@@H]4O[C@]23C=CCN1Cn1nnc2ccccc21. The van der Waals surface area contributed by atoms with Crippen molar-refractivity contribution in [3.63, 3.8) is 0 Å². The molecule has 0 bridgehead atoms. The Morgan fingerprint density at radius 3 is 2.39 bits per heavy atom. The van der Waals surface area contributed by atoms with Crippen molar-refractivity contribution in [3.05, 3.63) is 115 Å². The first-order chi connectivity index (χ1) is 22.5. The molecule has 4 aliphatic heterocycles. The Morgan fingerprint density at radius 1 is 0.870 bits per heavy atom. The van der Waals surface area contributed by atoms with Gasteiger partial charge in [0, 0.05) is 18.8 Å². The number of ether oxygens (including phenoxy) is 1. The molecule has 11 heteroatoms. The average molecular weight is 617 g/mol. The van der Waals surface area contributed by atoms with E-state index in [-0.39, 0.29) is 25.0 Å². The second-order valence-electron chi connectivity index (χ2n) is 12.1. The smallest absolute Gasteiger partial charge is 0.250 e. The van der Waals surface area contributed by atoms with Gasteiger partial charge in [0.15, 0.2) is 0 Å². The lowest BCUT2D eigenvalue weighted by Gasteiger charge is -2.38. The zero-order valence-electron chi connectivity index (χ0n) is 24.9. The number of aromatic nitrogens is 3. The number of aliphatic hydroxyl groups excluding tert-OH is 1. The lowest BCUT2D eigenvalue weighted by molar-refractivity contribution is -0.151. The molecule has 2 fully saturated rings. The quantitative estimate of drug-likeness (QED) is 0.331. The Morgan fingerprint density at radius 2 is 1.61 bits per heavy atom. The van der Waals surface area contributed by atoms with E-state index in [0.717, 1.165) is 5.52 Å². The maximum absolute atomic E-state index is 14.8. The van der Waals surface area contributed by atoms with Crippen molar-refractivity contribution in [2.45, 2.75) is 30.5 Å². The van der Waals surface area contributed by atoms with Crippen molar-refractivity contribution < 1.29 is 24.2 Å². The van der Waals surface area contributed by atoms with Gasteiger partial charge in [-0.3, -0.25) is 14.4 Å². The minimum Gasteiger partial charge on any atom is -0.394 e. The van der Waals surface area contributed by atoms with Crippen LogP contribution in [0.15, 0.2) is 109 Å². The van der Waals surface area contributed by atoms with Gasteiger partial charge < -0.3 is 24.5 Å². The molecule has 6 atom stereocenters. The third-order valence-electron chi connectivity index (χ3n) is 9.67. The summed E-state index contributed by atoms with van der Waals surface area (Å²) >= 11 is 0. The highest BCUT2D eigenvalue weighted by Crippen LogP contribution is 2.55. The lowest BCUT2D eigenvalue weighted by Crippen LogP contribution is -2.56. The Bertz CT molecular complexity index is 1880. The first-order valence-corrected chi connectivity index (χ1v) is 15.5. The lowest BCUT2D eigenvalue weighted by atomic mass is 9.77. The molecule has 4 aliphatic rings. The highest BCUT2D eigenvalue weighted by molar-refractivity contribution is 6.04. The molecular weight excluding hydrogens is 584 g/mol. The predicted molar refractivity (Wildman–Crippen MR) is 168 cm³/mol. The monoisotopic (exact) mass is 616 g/mol. The van der Waals surface area contributed by atoms with Gasteiger partial charge in [0.2, 0.25) is 11.8 Å². The molecule has 0 saturated carbocycles. The van der Waals surface area contributed by atoms with Crippen molar-refractivity contribution in [2.75, 3.05) is 24.6 Å². The highest BCUT2D eigenvalue weighted by Gasteiger charge is 2.72. The standard InChI is InChI=1S/C35H32N6O5/c42-21-27(23-11-3-1-4-12-23)41-31-34(45)38(22-40-26-16-8-7-15-25(26)36-37-40)19-10-18-35(31)30(33(41)44)29-28(46-35)17-9-20-39(32(29)43)24-13-5-2-6-14-24/h1-18,27-31,42H,19-22H2/t27-,28+,29-,30+,31?,35+/m1/s1. The number of hydrogen-bond acceptors (Lipinski definition) is 7. The molecule has 0 radical (unpaired) electrons. The second kappa shape index (κ2) is 11.0. The van der Waals surface area contributed by atoms with Crippen LogP contribution >= 0.6 is 0 Å². The molecule has 232 valence electrons.